The summed E-state index contributed by atoms with van der Waals surface area (Å²) in [6, 6.07) is 18.5. The van der Waals surface area contributed by atoms with E-state index in [1.54, 1.807) is 0 Å². The number of nitrogens with one attached hydrogen (secondary N) is 1. The number of fused-ring (bicyclic) bond motifs is 1. The summed E-state index contributed by atoms with van der Waals surface area (Å²) in [4.78, 5) is 6.86. The summed E-state index contributed by atoms with van der Waals surface area (Å²) < 4.78 is 0. The van der Waals surface area contributed by atoms with Crippen molar-refractivity contribution in [2.75, 3.05) is 25.0 Å². The maximum Gasteiger partial charge on any atom is 0.0737 e. The number of nitrogens with zero attached hydrogens (tertiary/aromatic N) is 2. The first-order valence-corrected chi connectivity index (χ1v) is 9.18. The summed E-state index contributed by atoms with van der Waals surface area (Å²) >= 11 is 6.05. The maximum absolute atomic E-state index is 6.05. The number of rotatable bonds is 8. The second kappa shape index (κ2) is 8.84. The maximum atomic E-state index is 6.05. The molecule has 25 heavy (non-hydrogen) atoms. The van der Waals surface area contributed by atoms with E-state index in [1.807, 2.05) is 30.5 Å². The molecule has 4 heteroatoms. The Balaban J connectivity index is 1.52. The van der Waals surface area contributed by atoms with Crippen molar-refractivity contribution in [2.24, 2.45) is 0 Å². The second-order valence-electron chi connectivity index (χ2n) is 6.15. The van der Waals surface area contributed by atoms with Gasteiger partial charge in [-0.1, -0.05) is 48.9 Å². The van der Waals surface area contributed by atoms with Crippen molar-refractivity contribution >= 4 is 28.2 Å². The van der Waals surface area contributed by atoms with Crippen molar-refractivity contribution in [3.05, 3.63) is 71.4 Å². The van der Waals surface area contributed by atoms with Gasteiger partial charge in [0, 0.05) is 41.9 Å². The predicted molar refractivity (Wildman–Crippen MR) is 107 cm³/mol. The van der Waals surface area contributed by atoms with Crippen molar-refractivity contribution in [3.63, 3.8) is 0 Å². The van der Waals surface area contributed by atoms with Crippen LogP contribution in [0.2, 0.25) is 5.02 Å². The molecular weight excluding hydrogens is 330 g/mol. The van der Waals surface area contributed by atoms with Gasteiger partial charge >= 0.3 is 0 Å². The third kappa shape index (κ3) is 4.94. The van der Waals surface area contributed by atoms with E-state index in [0.717, 1.165) is 54.2 Å². The summed E-state index contributed by atoms with van der Waals surface area (Å²) in [6.07, 6.45) is 2.92. The van der Waals surface area contributed by atoms with Gasteiger partial charge in [0.25, 0.3) is 0 Å². The first-order chi connectivity index (χ1) is 12.3. The van der Waals surface area contributed by atoms with Gasteiger partial charge in [-0.3, -0.25) is 9.88 Å². The average Bonchev–Trinajstić information content (AvgIpc) is 2.64. The van der Waals surface area contributed by atoms with Crippen LogP contribution in [0.4, 0.5) is 5.69 Å². The molecule has 0 bridgehead atoms. The van der Waals surface area contributed by atoms with Crippen LogP contribution < -0.4 is 5.32 Å². The van der Waals surface area contributed by atoms with Gasteiger partial charge in [0.15, 0.2) is 0 Å². The smallest absolute Gasteiger partial charge is 0.0737 e. The Kier molecular flexibility index (Phi) is 6.26. The molecule has 1 N–H and O–H groups in total. The van der Waals surface area contributed by atoms with Gasteiger partial charge in [-0.15, -0.1) is 0 Å². The Bertz CT molecular complexity index is 805. The molecule has 3 nitrogen and oxygen atoms in total. The highest BCUT2D eigenvalue weighted by molar-refractivity contribution is 6.31. The fraction of sp³-hybridized carbons (Fsp3) is 0.286. The van der Waals surface area contributed by atoms with Gasteiger partial charge < -0.3 is 5.32 Å². The minimum Gasteiger partial charge on any atom is -0.384 e. The minimum atomic E-state index is 0.719. The average molecular weight is 354 g/mol. The summed E-state index contributed by atoms with van der Waals surface area (Å²) in [5.41, 5.74) is 3.42. The quantitative estimate of drug-likeness (QED) is 0.563. The standard InChI is InChI=1S/C21H24ClN3/c1-2-25(16-17-7-4-3-5-8-17)14-6-12-23-20-11-13-24-21-15-18(22)9-10-19(20)21/h3-5,7-11,13,15H,2,6,12,14,16H2,1H3,(H,23,24). The summed E-state index contributed by atoms with van der Waals surface area (Å²) in [6.45, 7) is 6.30. The van der Waals surface area contributed by atoms with Crippen LogP contribution in [0.25, 0.3) is 10.9 Å². The van der Waals surface area contributed by atoms with Gasteiger partial charge in [-0.25, -0.2) is 0 Å². The van der Waals surface area contributed by atoms with Gasteiger partial charge in [0.05, 0.1) is 5.52 Å². The number of hydrogen-bond donors (Lipinski definition) is 1. The lowest BCUT2D eigenvalue weighted by Gasteiger charge is -2.20. The molecule has 2 aromatic carbocycles. The van der Waals surface area contributed by atoms with Crippen LogP contribution in [0, 0.1) is 0 Å². The number of anilines is 1. The first-order valence-electron chi connectivity index (χ1n) is 8.80. The molecule has 1 aromatic heterocycles. The van der Waals surface area contributed by atoms with E-state index >= 15 is 0 Å². The molecule has 1 heterocycles. The molecule has 0 radical (unpaired) electrons. The molecule has 0 atom stereocenters. The molecule has 0 aliphatic carbocycles. The zero-order valence-corrected chi connectivity index (χ0v) is 15.3. The Hall–Kier alpha value is -2.10. The highest BCUT2D eigenvalue weighted by Gasteiger charge is 2.05. The predicted octanol–water partition coefficient (Wildman–Crippen LogP) is 5.21. The normalized spacial score (nSPS) is 11.2. The van der Waals surface area contributed by atoms with Crippen molar-refractivity contribution in [1.82, 2.24) is 9.88 Å². The molecule has 3 rings (SSSR count). The monoisotopic (exact) mass is 353 g/mol. The van der Waals surface area contributed by atoms with Crippen LogP contribution in [0.1, 0.15) is 18.9 Å². The molecule has 0 saturated heterocycles. The van der Waals surface area contributed by atoms with Crippen LogP contribution in [-0.2, 0) is 6.54 Å². The molecule has 130 valence electrons. The number of benzene rings is 2. The fourth-order valence-corrected chi connectivity index (χ4v) is 3.16. The molecule has 0 spiro atoms. The largest absolute Gasteiger partial charge is 0.384 e. The Morgan fingerprint density at radius 3 is 2.72 bits per heavy atom. The van der Waals surface area contributed by atoms with Crippen LogP contribution in [0.15, 0.2) is 60.8 Å². The van der Waals surface area contributed by atoms with Gasteiger partial charge in [-0.05, 0) is 42.8 Å². The number of pyridine rings is 1. The van der Waals surface area contributed by atoms with E-state index in [0.29, 0.717) is 0 Å². The van der Waals surface area contributed by atoms with Gasteiger partial charge in [0.1, 0.15) is 0 Å². The third-order valence-corrected chi connectivity index (χ3v) is 4.60. The van der Waals surface area contributed by atoms with Crippen molar-refractivity contribution < 1.29 is 0 Å². The molecular formula is C21H24ClN3. The van der Waals surface area contributed by atoms with Crippen molar-refractivity contribution in [1.29, 1.82) is 0 Å². The van der Waals surface area contributed by atoms with E-state index in [2.05, 4.69) is 52.5 Å². The molecule has 0 unspecified atom stereocenters. The van der Waals surface area contributed by atoms with Crippen molar-refractivity contribution in [3.8, 4) is 0 Å². The van der Waals surface area contributed by atoms with Crippen LogP contribution >= 0.6 is 11.6 Å². The Morgan fingerprint density at radius 1 is 1.08 bits per heavy atom. The van der Waals surface area contributed by atoms with E-state index < -0.39 is 0 Å². The van der Waals surface area contributed by atoms with Crippen LogP contribution in [0.3, 0.4) is 0 Å². The van der Waals surface area contributed by atoms with Gasteiger partial charge in [0.2, 0.25) is 0 Å². The Labute approximate surface area is 154 Å². The summed E-state index contributed by atoms with van der Waals surface area (Å²) in [5.74, 6) is 0. The topological polar surface area (TPSA) is 28.2 Å². The highest BCUT2D eigenvalue weighted by Crippen LogP contribution is 2.24. The van der Waals surface area contributed by atoms with Crippen LogP contribution in [-0.4, -0.2) is 29.5 Å². The van der Waals surface area contributed by atoms with E-state index in [4.69, 9.17) is 11.6 Å². The number of aromatic nitrogens is 1. The zero-order valence-electron chi connectivity index (χ0n) is 14.6. The molecule has 3 aromatic rings. The van der Waals surface area contributed by atoms with E-state index in [1.165, 1.54) is 5.56 Å². The summed E-state index contributed by atoms with van der Waals surface area (Å²) in [5, 5.41) is 5.37. The third-order valence-electron chi connectivity index (χ3n) is 4.37. The highest BCUT2D eigenvalue weighted by atomic mass is 35.5. The van der Waals surface area contributed by atoms with Crippen molar-refractivity contribution in [2.45, 2.75) is 19.9 Å². The van der Waals surface area contributed by atoms with E-state index in [9.17, 15) is 0 Å². The molecule has 0 fully saturated rings. The van der Waals surface area contributed by atoms with E-state index in [-0.39, 0.29) is 0 Å². The number of halogens is 1. The number of hydrogen-bond acceptors (Lipinski definition) is 3. The Morgan fingerprint density at radius 2 is 1.92 bits per heavy atom. The van der Waals surface area contributed by atoms with Gasteiger partial charge in [-0.2, -0.15) is 0 Å². The molecule has 0 aliphatic rings. The lowest BCUT2D eigenvalue weighted by atomic mass is 10.2. The lowest BCUT2D eigenvalue weighted by Crippen LogP contribution is -2.25. The molecule has 0 amide bonds. The first kappa shape index (κ1) is 17.7. The zero-order chi connectivity index (χ0) is 17.5. The lowest BCUT2D eigenvalue weighted by molar-refractivity contribution is 0.279. The second-order valence-corrected chi connectivity index (χ2v) is 6.59. The van der Waals surface area contributed by atoms with Crippen LogP contribution in [0.5, 0.6) is 0 Å². The SMILES string of the molecule is CCN(CCCNc1ccnc2cc(Cl)ccc12)Cc1ccccc1. The molecule has 0 aliphatic heterocycles. The fourth-order valence-electron chi connectivity index (χ4n) is 2.99. The summed E-state index contributed by atoms with van der Waals surface area (Å²) in [7, 11) is 0. The molecule has 0 saturated carbocycles. The minimum absolute atomic E-state index is 0.719.